The van der Waals surface area contributed by atoms with Crippen LogP contribution in [0, 0.1) is 12.9 Å². The molecule has 0 amide bonds. The molecule has 0 aromatic carbocycles. The summed E-state index contributed by atoms with van der Waals surface area (Å²) in [6.07, 6.45) is 0.380. The molecule has 0 aliphatic rings. The Kier molecular flexibility index (Phi) is 2.85. The normalized spacial score (nSPS) is 11.1. The lowest BCUT2D eigenvalue weighted by molar-refractivity contribution is 0.315. The van der Waals surface area contributed by atoms with Gasteiger partial charge >= 0.3 is 0 Å². The Bertz CT molecular complexity index is 804. The molecule has 3 rings (SSSR count). The molecule has 0 saturated carbocycles. The Morgan fingerprint density at radius 1 is 1.30 bits per heavy atom. The number of nitrogen functional groups attached to an aromatic ring is 1. The van der Waals surface area contributed by atoms with Gasteiger partial charge in [-0.3, -0.25) is 0 Å². The molecule has 0 radical (unpaired) electrons. The smallest absolute Gasteiger partial charge is 0.226 e. The average molecular weight is 271 g/mol. The van der Waals surface area contributed by atoms with Crippen LogP contribution in [0.2, 0.25) is 0 Å². The van der Waals surface area contributed by atoms with Crippen molar-refractivity contribution < 1.29 is 9.02 Å². The van der Waals surface area contributed by atoms with E-state index in [4.69, 9.17) is 5.73 Å². The van der Waals surface area contributed by atoms with Gasteiger partial charge in [-0.25, -0.2) is 14.6 Å². The van der Waals surface area contributed by atoms with E-state index >= 15 is 0 Å². The van der Waals surface area contributed by atoms with Crippen molar-refractivity contribution in [1.82, 2.24) is 20.3 Å². The Balaban J connectivity index is 2.07. The lowest BCUT2D eigenvalue weighted by Gasteiger charge is -2.08. The quantitative estimate of drug-likeness (QED) is 0.516. The van der Waals surface area contributed by atoms with E-state index in [9.17, 15) is 4.39 Å². The Hall–Kier alpha value is -2.51. The second-order valence-electron chi connectivity index (χ2n) is 4.61. The standard InChI is InChI=1S/C12H11BFN5O/c1-5-7(4-6-2-3-8(13)11(14)17-6)9(15)10-12(16-5)19-20-18-10/h2-3H,4,13,15H2,1H3. The third-order valence-corrected chi connectivity index (χ3v) is 3.21. The van der Waals surface area contributed by atoms with E-state index in [-0.39, 0.29) is 0 Å². The predicted octanol–water partition coefficient (Wildman–Crippen LogP) is -0.108. The lowest BCUT2D eigenvalue weighted by Crippen LogP contribution is -2.12. The van der Waals surface area contributed by atoms with E-state index in [1.807, 2.05) is 6.92 Å². The minimum absolute atomic E-state index is 0.367. The molecule has 0 saturated heterocycles. The molecule has 0 aliphatic carbocycles. The molecule has 100 valence electrons. The summed E-state index contributed by atoms with van der Waals surface area (Å²) in [6, 6.07) is 3.45. The topological polar surface area (TPSA) is 90.7 Å². The molecule has 0 bridgehead atoms. The molecule has 3 aromatic rings. The number of anilines is 1. The van der Waals surface area contributed by atoms with Crippen molar-refractivity contribution in [1.29, 1.82) is 0 Å². The highest BCUT2D eigenvalue weighted by atomic mass is 19.1. The molecule has 20 heavy (non-hydrogen) atoms. The average Bonchev–Trinajstić information content (AvgIpc) is 2.87. The van der Waals surface area contributed by atoms with Crippen LogP contribution in [0.1, 0.15) is 17.0 Å². The van der Waals surface area contributed by atoms with Crippen LogP contribution in [0.4, 0.5) is 10.1 Å². The summed E-state index contributed by atoms with van der Waals surface area (Å²) in [5.74, 6) is -0.476. The van der Waals surface area contributed by atoms with Crippen LogP contribution in [0.5, 0.6) is 0 Å². The number of nitrogens with two attached hydrogens (primary N) is 1. The highest BCUT2D eigenvalue weighted by molar-refractivity contribution is 6.32. The van der Waals surface area contributed by atoms with Gasteiger partial charge < -0.3 is 5.73 Å². The van der Waals surface area contributed by atoms with Crippen LogP contribution in [0.15, 0.2) is 16.8 Å². The van der Waals surface area contributed by atoms with Crippen LogP contribution in [-0.4, -0.2) is 28.1 Å². The third-order valence-electron chi connectivity index (χ3n) is 3.21. The highest BCUT2D eigenvalue weighted by Gasteiger charge is 2.15. The summed E-state index contributed by atoms with van der Waals surface area (Å²) in [5.41, 5.74) is 9.83. The fraction of sp³-hybridized carbons (Fsp3) is 0.167. The van der Waals surface area contributed by atoms with Crippen LogP contribution in [-0.2, 0) is 6.42 Å². The van der Waals surface area contributed by atoms with Gasteiger partial charge in [0.2, 0.25) is 11.6 Å². The van der Waals surface area contributed by atoms with Crippen molar-refractivity contribution in [2.45, 2.75) is 13.3 Å². The summed E-state index contributed by atoms with van der Waals surface area (Å²) in [5, 5.41) is 7.39. The fourth-order valence-electron chi connectivity index (χ4n) is 2.04. The van der Waals surface area contributed by atoms with Gasteiger partial charge in [0.25, 0.3) is 0 Å². The highest BCUT2D eigenvalue weighted by Crippen LogP contribution is 2.24. The van der Waals surface area contributed by atoms with Gasteiger partial charge in [0.15, 0.2) is 5.52 Å². The Labute approximate surface area is 114 Å². The number of aryl methyl sites for hydroxylation is 1. The number of fused-ring (bicyclic) bond motifs is 1. The largest absolute Gasteiger partial charge is 0.396 e. The first-order chi connectivity index (χ1) is 9.56. The zero-order valence-electron chi connectivity index (χ0n) is 11.0. The number of halogens is 1. The van der Waals surface area contributed by atoms with Gasteiger partial charge in [-0.1, -0.05) is 6.07 Å². The summed E-state index contributed by atoms with van der Waals surface area (Å²) < 4.78 is 18.1. The first-order valence-electron chi connectivity index (χ1n) is 6.05. The van der Waals surface area contributed by atoms with Gasteiger partial charge in [-0.15, -0.1) is 0 Å². The minimum atomic E-state index is -0.476. The van der Waals surface area contributed by atoms with Crippen molar-refractivity contribution >= 4 is 30.2 Å². The zero-order chi connectivity index (χ0) is 14.3. The SMILES string of the molecule is Bc1ccc(Cc2c(C)nc3nonc3c2N)nc1F. The number of nitrogens with zero attached hydrogens (tertiary/aromatic N) is 4. The van der Waals surface area contributed by atoms with Crippen LogP contribution < -0.4 is 11.2 Å². The van der Waals surface area contributed by atoms with E-state index < -0.39 is 5.95 Å². The Morgan fingerprint density at radius 3 is 2.85 bits per heavy atom. The molecule has 0 fully saturated rings. The third kappa shape index (κ3) is 1.99. The maximum Gasteiger partial charge on any atom is 0.226 e. The minimum Gasteiger partial charge on any atom is -0.396 e. The van der Waals surface area contributed by atoms with Crippen LogP contribution in [0.3, 0.4) is 0 Å². The Morgan fingerprint density at radius 2 is 2.10 bits per heavy atom. The second-order valence-corrected chi connectivity index (χ2v) is 4.61. The van der Waals surface area contributed by atoms with Crippen molar-refractivity contribution in [3.05, 3.63) is 35.0 Å². The molecule has 0 spiro atoms. The number of pyridine rings is 2. The van der Waals surface area contributed by atoms with Gasteiger partial charge in [0.1, 0.15) is 7.85 Å². The molecule has 0 atom stereocenters. The van der Waals surface area contributed by atoms with Gasteiger partial charge in [-0.2, -0.15) is 4.39 Å². The number of rotatable bonds is 2. The maximum absolute atomic E-state index is 13.5. The molecule has 8 heteroatoms. The molecule has 2 N–H and O–H groups in total. The first kappa shape index (κ1) is 12.5. The van der Waals surface area contributed by atoms with Gasteiger partial charge in [-0.05, 0) is 28.8 Å². The molecule has 3 aromatic heterocycles. The number of hydrogen-bond donors (Lipinski definition) is 1. The number of aromatic nitrogens is 4. The summed E-state index contributed by atoms with van der Waals surface area (Å²) >= 11 is 0. The van der Waals surface area contributed by atoms with Gasteiger partial charge in [0.05, 0.1) is 5.69 Å². The number of hydrogen-bond acceptors (Lipinski definition) is 6. The van der Waals surface area contributed by atoms with E-state index in [2.05, 4.69) is 24.9 Å². The van der Waals surface area contributed by atoms with Crippen molar-refractivity contribution in [2.75, 3.05) is 5.73 Å². The molecule has 6 nitrogen and oxygen atoms in total. The molecule has 0 unspecified atom stereocenters. The van der Waals surface area contributed by atoms with Gasteiger partial charge in [0, 0.05) is 23.4 Å². The molecular formula is C12H11BFN5O. The van der Waals surface area contributed by atoms with E-state index in [0.29, 0.717) is 40.1 Å². The van der Waals surface area contributed by atoms with Crippen LogP contribution >= 0.6 is 0 Å². The zero-order valence-corrected chi connectivity index (χ0v) is 11.0. The summed E-state index contributed by atoms with van der Waals surface area (Å²) in [4.78, 5) is 8.17. The molecule has 3 heterocycles. The van der Waals surface area contributed by atoms with E-state index in [1.54, 1.807) is 20.0 Å². The fourth-order valence-corrected chi connectivity index (χ4v) is 2.04. The summed E-state index contributed by atoms with van der Waals surface area (Å²) in [7, 11) is 1.67. The second kappa shape index (κ2) is 4.55. The lowest BCUT2D eigenvalue weighted by atomic mass is 9.97. The molecule has 0 aliphatic heterocycles. The summed E-state index contributed by atoms with van der Waals surface area (Å²) in [6.45, 7) is 1.81. The molecular weight excluding hydrogens is 260 g/mol. The van der Waals surface area contributed by atoms with Crippen LogP contribution in [0.25, 0.3) is 11.2 Å². The van der Waals surface area contributed by atoms with E-state index in [0.717, 1.165) is 5.56 Å². The monoisotopic (exact) mass is 271 g/mol. The maximum atomic E-state index is 13.5. The van der Waals surface area contributed by atoms with Crippen molar-refractivity contribution in [3.8, 4) is 0 Å². The van der Waals surface area contributed by atoms with Crippen molar-refractivity contribution in [3.63, 3.8) is 0 Å². The predicted molar refractivity (Wildman–Crippen MR) is 73.9 cm³/mol. The van der Waals surface area contributed by atoms with Crippen molar-refractivity contribution in [2.24, 2.45) is 0 Å². The first-order valence-corrected chi connectivity index (χ1v) is 6.05. The van der Waals surface area contributed by atoms with E-state index in [1.165, 1.54) is 0 Å².